The van der Waals surface area contributed by atoms with Gasteiger partial charge in [0.2, 0.25) is 11.8 Å². The molecule has 1 aliphatic rings. The molecule has 1 aliphatic heterocycles. The number of carbonyl (C=O) groups excluding carboxylic acids is 2. The first-order valence-corrected chi connectivity index (χ1v) is 5.25. The fourth-order valence-corrected chi connectivity index (χ4v) is 1.52. The van der Waals surface area contributed by atoms with Crippen molar-refractivity contribution in [2.24, 2.45) is 5.92 Å². The molecule has 15 heavy (non-hydrogen) atoms. The van der Waals surface area contributed by atoms with E-state index in [-0.39, 0.29) is 30.4 Å². The molecular weight excluding hydrogens is 196 g/mol. The van der Waals surface area contributed by atoms with Crippen LogP contribution in [0.2, 0.25) is 0 Å². The fraction of sp³-hybridized carbons (Fsp3) is 0.800. The predicted octanol–water partition coefficient (Wildman–Crippen LogP) is -0.602. The van der Waals surface area contributed by atoms with Gasteiger partial charge in [-0.1, -0.05) is 13.8 Å². The van der Waals surface area contributed by atoms with Crippen molar-refractivity contribution in [3.63, 3.8) is 0 Å². The molecule has 0 bridgehead atoms. The number of hydrogen-bond acceptors (Lipinski definition) is 3. The van der Waals surface area contributed by atoms with E-state index in [0.29, 0.717) is 12.8 Å². The Hall–Kier alpha value is -1.10. The highest BCUT2D eigenvalue weighted by molar-refractivity contribution is 5.90. The number of aliphatic hydroxyl groups excluding tert-OH is 1. The quantitative estimate of drug-likeness (QED) is 0.584. The van der Waals surface area contributed by atoms with E-state index >= 15 is 0 Å². The number of rotatable bonds is 4. The molecule has 0 aromatic rings. The van der Waals surface area contributed by atoms with Gasteiger partial charge in [0.05, 0.1) is 12.6 Å². The summed E-state index contributed by atoms with van der Waals surface area (Å²) in [6, 6.07) is -0.666. The lowest BCUT2D eigenvalue weighted by Crippen LogP contribution is -2.49. The van der Waals surface area contributed by atoms with E-state index in [1.54, 1.807) is 0 Å². The maximum Gasteiger partial charge on any atom is 0.242 e. The lowest BCUT2D eigenvalue weighted by atomic mass is 10.0. The zero-order valence-electron chi connectivity index (χ0n) is 9.12. The first-order chi connectivity index (χ1) is 7.04. The molecule has 5 heteroatoms. The lowest BCUT2D eigenvalue weighted by Gasteiger charge is -2.21. The van der Waals surface area contributed by atoms with Crippen LogP contribution in [0.4, 0.5) is 0 Å². The molecule has 2 amide bonds. The van der Waals surface area contributed by atoms with Gasteiger partial charge in [-0.3, -0.25) is 9.59 Å². The lowest BCUT2D eigenvalue weighted by molar-refractivity contribution is -0.126. The minimum absolute atomic E-state index is 0.0793. The summed E-state index contributed by atoms with van der Waals surface area (Å²) < 4.78 is 0. The van der Waals surface area contributed by atoms with Crippen molar-refractivity contribution in [3.05, 3.63) is 0 Å². The highest BCUT2D eigenvalue weighted by Crippen LogP contribution is 2.08. The van der Waals surface area contributed by atoms with E-state index in [1.807, 2.05) is 13.8 Å². The van der Waals surface area contributed by atoms with E-state index in [4.69, 9.17) is 5.11 Å². The second-order valence-electron chi connectivity index (χ2n) is 4.20. The van der Waals surface area contributed by atoms with Gasteiger partial charge in [0.25, 0.3) is 0 Å². The summed E-state index contributed by atoms with van der Waals surface area (Å²) in [5.41, 5.74) is 0. The highest BCUT2D eigenvalue weighted by Gasteiger charge is 2.28. The topological polar surface area (TPSA) is 78.4 Å². The molecule has 0 aromatic carbocycles. The molecule has 0 aromatic heterocycles. The summed E-state index contributed by atoms with van der Waals surface area (Å²) in [6.07, 6.45) is 0.949. The van der Waals surface area contributed by atoms with Gasteiger partial charge in [0.1, 0.15) is 6.04 Å². The smallest absolute Gasteiger partial charge is 0.242 e. The van der Waals surface area contributed by atoms with Gasteiger partial charge >= 0.3 is 0 Å². The van der Waals surface area contributed by atoms with E-state index < -0.39 is 6.04 Å². The largest absolute Gasteiger partial charge is 0.394 e. The summed E-state index contributed by atoms with van der Waals surface area (Å²) in [6.45, 7) is 3.77. The second-order valence-corrected chi connectivity index (χ2v) is 4.20. The van der Waals surface area contributed by atoms with Crippen LogP contribution in [0.3, 0.4) is 0 Å². The average Bonchev–Trinajstić information content (AvgIpc) is 2.60. The standard InChI is InChI=1S/C10H18N2O3/c1-6(2)8(5-13)12-10(15)7-3-4-9(14)11-7/h6-8,13H,3-5H2,1-2H3,(H,11,14)(H,12,15)/t7-,8+/m0/s1. The Labute approximate surface area is 89.2 Å². The van der Waals surface area contributed by atoms with Crippen LogP contribution in [0.25, 0.3) is 0 Å². The number of hydrogen-bond donors (Lipinski definition) is 3. The maximum absolute atomic E-state index is 11.6. The van der Waals surface area contributed by atoms with Crippen LogP contribution < -0.4 is 10.6 Å². The SMILES string of the molecule is CC(C)[C@@H](CO)NC(=O)[C@@H]1CCC(=O)N1. The van der Waals surface area contributed by atoms with Crippen molar-refractivity contribution in [1.82, 2.24) is 10.6 Å². The van der Waals surface area contributed by atoms with E-state index in [2.05, 4.69) is 10.6 Å². The van der Waals surface area contributed by atoms with Gasteiger partial charge in [0, 0.05) is 6.42 Å². The predicted molar refractivity (Wildman–Crippen MR) is 55.0 cm³/mol. The Bertz CT molecular complexity index is 253. The number of amides is 2. The Morgan fingerprint density at radius 3 is 2.73 bits per heavy atom. The van der Waals surface area contributed by atoms with Gasteiger partial charge < -0.3 is 15.7 Å². The van der Waals surface area contributed by atoms with Gasteiger partial charge in [-0.25, -0.2) is 0 Å². The van der Waals surface area contributed by atoms with Crippen molar-refractivity contribution in [1.29, 1.82) is 0 Å². The van der Waals surface area contributed by atoms with Crippen molar-refractivity contribution >= 4 is 11.8 Å². The van der Waals surface area contributed by atoms with Crippen LogP contribution in [0.15, 0.2) is 0 Å². The zero-order valence-corrected chi connectivity index (χ0v) is 9.12. The summed E-state index contributed by atoms with van der Waals surface area (Å²) in [5, 5.41) is 14.4. The van der Waals surface area contributed by atoms with Gasteiger partial charge in [0.15, 0.2) is 0 Å². The van der Waals surface area contributed by atoms with Crippen LogP contribution in [-0.4, -0.2) is 35.6 Å². The third-order valence-corrected chi connectivity index (χ3v) is 2.64. The summed E-state index contributed by atoms with van der Waals surface area (Å²) >= 11 is 0. The first-order valence-electron chi connectivity index (χ1n) is 5.25. The summed E-state index contributed by atoms with van der Waals surface area (Å²) in [4.78, 5) is 22.5. The van der Waals surface area contributed by atoms with Gasteiger partial charge in [-0.2, -0.15) is 0 Å². The molecule has 0 radical (unpaired) electrons. The van der Waals surface area contributed by atoms with Crippen LogP contribution in [0.1, 0.15) is 26.7 Å². The number of carbonyl (C=O) groups is 2. The van der Waals surface area contributed by atoms with Crippen LogP contribution in [0, 0.1) is 5.92 Å². The van der Waals surface area contributed by atoms with E-state index in [0.717, 1.165) is 0 Å². The van der Waals surface area contributed by atoms with Crippen LogP contribution in [-0.2, 0) is 9.59 Å². The molecule has 5 nitrogen and oxygen atoms in total. The first kappa shape index (κ1) is 12.0. The molecule has 0 unspecified atom stereocenters. The fourth-order valence-electron chi connectivity index (χ4n) is 1.52. The Kier molecular flexibility index (Phi) is 4.08. The average molecular weight is 214 g/mol. The third-order valence-electron chi connectivity index (χ3n) is 2.64. The number of nitrogens with one attached hydrogen (secondary N) is 2. The Morgan fingerprint density at radius 1 is 1.67 bits per heavy atom. The Balaban J connectivity index is 2.44. The molecule has 86 valence electrons. The molecule has 2 atom stereocenters. The van der Waals surface area contributed by atoms with Crippen LogP contribution in [0.5, 0.6) is 0 Å². The Morgan fingerprint density at radius 2 is 2.33 bits per heavy atom. The maximum atomic E-state index is 11.6. The molecular formula is C10H18N2O3. The van der Waals surface area contributed by atoms with E-state index in [1.165, 1.54) is 0 Å². The molecule has 1 rings (SSSR count). The van der Waals surface area contributed by atoms with Crippen LogP contribution >= 0.6 is 0 Å². The summed E-state index contributed by atoms with van der Waals surface area (Å²) in [7, 11) is 0. The molecule has 0 spiro atoms. The highest BCUT2D eigenvalue weighted by atomic mass is 16.3. The van der Waals surface area contributed by atoms with Crippen molar-refractivity contribution in [3.8, 4) is 0 Å². The minimum atomic E-state index is -0.426. The monoisotopic (exact) mass is 214 g/mol. The van der Waals surface area contributed by atoms with Crippen molar-refractivity contribution in [2.75, 3.05) is 6.61 Å². The number of aliphatic hydroxyl groups is 1. The molecule has 3 N–H and O–H groups in total. The van der Waals surface area contributed by atoms with E-state index in [9.17, 15) is 9.59 Å². The molecule has 1 heterocycles. The van der Waals surface area contributed by atoms with Gasteiger partial charge in [-0.05, 0) is 12.3 Å². The van der Waals surface area contributed by atoms with Gasteiger partial charge in [-0.15, -0.1) is 0 Å². The molecule has 1 saturated heterocycles. The molecule has 0 aliphatic carbocycles. The van der Waals surface area contributed by atoms with Crippen molar-refractivity contribution < 1.29 is 14.7 Å². The summed E-state index contributed by atoms with van der Waals surface area (Å²) in [5.74, 6) is -0.107. The zero-order chi connectivity index (χ0) is 11.4. The molecule has 1 fully saturated rings. The third kappa shape index (κ3) is 3.20. The van der Waals surface area contributed by atoms with Crippen molar-refractivity contribution in [2.45, 2.75) is 38.8 Å². The normalized spacial score (nSPS) is 22.7. The second kappa shape index (κ2) is 5.11. The minimum Gasteiger partial charge on any atom is -0.394 e. The molecule has 0 saturated carbocycles.